The van der Waals surface area contributed by atoms with Gasteiger partial charge in [0.05, 0.1) is 32.8 Å². The zero-order chi connectivity index (χ0) is 23.8. The number of halogens is 2. The smallest absolute Gasteiger partial charge is 0.858 e. The van der Waals surface area contributed by atoms with Gasteiger partial charge in [0.2, 0.25) is 0 Å². The fourth-order valence-corrected chi connectivity index (χ4v) is 4.30. The van der Waals surface area contributed by atoms with Gasteiger partial charge in [-0.1, -0.05) is 41.4 Å². The SMILES string of the molecule is O=C([O-])c1ccc(C([O-])=NS(=O)(=O)c2ccc(-c3cc(Cl)c4ccc(Cl)cc4n3)cc2)cn1.[Na+].[Na+]. The molecule has 166 valence electrons. The van der Waals surface area contributed by atoms with Gasteiger partial charge in [-0.2, -0.15) is 12.8 Å². The van der Waals surface area contributed by atoms with Gasteiger partial charge in [0.25, 0.3) is 10.0 Å². The van der Waals surface area contributed by atoms with E-state index in [4.69, 9.17) is 23.2 Å². The topological polar surface area (TPSA) is 135 Å². The van der Waals surface area contributed by atoms with Crippen molar-refractivity contribution < 1.29 is 82.5 Å². The Kier molecular flexibility index (Phi) is 10.3. The van der Waals surface area contributed by atoms with E-state index in [2.05, 4.69) is 14.4 Å². The Morgan fingerprint density at radius 3 is 2.20 bits per heavy atom. The summed E-state index contributed by atoms with van der Waals surface area (Å²) in [5.74, 6) is -2.61. The molecule has 0 amide bonds. The first-order chi connectivity index (χ1) is 15.6. The number of benzene rings is 2. The molecular formula is C22H11Cl2N3Na2O5S. The number of hydrogen-bond donors (Lipinski definition) is 0. The molecule has 2 aromatic heterocycles. The molecule has 4 aromatic rings. The second kappa shape index (κ2) is 12.1. The van der Waals surface area contributed by atoms with E-state index < -0.39 is 27.6 Å². The number of fused-ring (bicyclic) bond motifs is 1. The number of rotatable bonds is 5. The zero-order valence-electron chi connectivity index (χ0n) is 18.4. The van der Waals surface area contributed by atoms with Crippen molar-refractivity contribution in [3.05, 3.63) is 88.2 Å². The number of carbonyl (C=O) groups is 1. The molecule has 0 aliphatic carbocycles. The largest absolute Gasteiger partial charge is 1.00 e. The van der Waals surface area contributed by atoms with Gasteiger partial charge in [-0.05, 0) is 42.5 Å². The summed E-state index contributed by atoms with van der Waals surface area (Å²) < 4.78 is 28.4. The molecule has 0 aliphatic rings. The van der Waals surface area contributed by atoms with Gasteiger partial charge in [-0.15, -0.1) is 0 Å². The Morgan fingerprint density at radius 1 is 0.914 bits per heavy atom. The van der Waals surface area contributed by atoms with Crippen molar-refractivity contribution in [2.24, 2.45) is 4.40 Å². The number of sulfonamides is 1. The van der Waals surface area contributed by atoms with Crippen LogP contribution >= 0.6 is 23.2 Å². The molecule has 35 heavy (non-hydrogen) atoms. The number of aromatic nitrogens is 2. The summed E-state index contributed by atoms with van der Waals surface area (Å²) in [6.07, 6.45) is 0.914. The molecule has 2 heterocycles. The van der Waals surface area contributed by atoms with Crippen molar-refractivity contribution in [2.75, 3.05) is 0 Å². The standard InChI is InChI=1S/C22H13Cl2N3O5S.2Na/c23-14-4-7-16-17(24)10-19(26-20(16)9-14)12-1-5-15(6-2-12)33(31,32)27-21(28)13-3-8-18(22(29)30)25-11-13;;/h1-11H,(H,27,28)(H,29,30);;/q;2*+1/p-2. The van der Waals surface area contributed by atoms with E-state index >= 15 is 0 Å². The Morgan fingerprint density at radius 2 is 1.60 bits per heavy atom. The first-order valence-electron chi connectivity index (χ1n) is 9.20. The summed E-state index contributed by atoms with van der Waals surface area (Å²) in [7, 11) is -4.33. The van der Waals surface area contributed by atoms with Crippen molar-refractivity contribution in [2.45, 2.75) is 4.90 Å². The average molecular weight is 546 g/mol. The predicted octanol–water partition coefficient (Wildman–Crippen LogP) is -3.53. The minimum atomic E-state index is -4.33. The van der Waals surface area contributed by atoms with Crippen LogP contribution < -0.4 is 69.3 Å². The molecule has 0 spiro atoms. The summed E-state index contributed by atoms with van der Waals surface area (Å²) in [6, 6.07) is 14.5. The molecule has 4 rings (SSSR count). The maximum atomic E-state index is 12.5. The Hall–Kier alpha value is -1.53. The van der Waals surface area contributed by atoms with Crippen molar-refractivity contribution in [3.8, 4) is 11.3 Å². The molecule has 0 unspecified atom stereocenters. The predicted molar refractivity (Wildman–Crippen MR) is 119 cm³/mol. The monoisotopic (exact) mass is 545 g/mol. The Bertz CT molecular complexity index is 1530. The molecule has 0 radical (unpaired) electrons. The van der Waals surface area contributed by atoms with E-state index in [1.807, 2.05) is 0 Å². The number of carboxylic acids is 1. The second-order valence-electron chi connectivity index (χ2n) is 6.77. The fourth-order valence-electron chi connectivity index (χ4n) is 2.96. The van der Waals surface area contributed by atoms with Gasteiger partial charge in [0, 0.05) is 33.6 Å². The maximum Gasteiger partial charge on any atom is 1.00 e. The van der Waals surface area contributed by atoms with Crippen LogP contribution in [0.5, 0.6) is 0 Å². The number of aromatic carboxylic acids is 1. The summed E-state index contributed by atoms with van der Waals surface area (Å²) in [6.45, 7) is 0. The number of hydrogen-bond acceptors (Lipinski definition) is 7. The molecule has 8 nitrogen and oxygen atoms in total. The van der Waals surface area contributed by atoms with Crippen LogP contribution in [-0.2, 0) is 10.0 Å². The number of pyridine rings is 2. The molecule has 0 fully saturated rings. The minimum absolute atomic E-state index is 0. The van der Waals surface area contributed by atoms with Gasteiger partial charge >= 0.3 is 59.1 Å². The van der Waals surface area contributed by atoms with E-state index in [0.717, 1.165) is 23.7 Å². The zero-order valence-corrected chi connectivity index (χ0v) is 24.7. The quantitative estimate of drug-likeness (QED) is 0.144. The van der Waals surface area contributed by atoms with Crippen molar-refractivity contribution in [1.29, 1.82) is 0 Å². The third kappa shape index (κ3) is 6.82. The molecule has 0 atom stereocenters. The number of nitrogens with zero attached hydrogens (tertiary/aromatic N) is 3. The second-order valence-corrected chi connectivity index (χ2v) is 9.21. The van der Waals surface area contributed by atoms with Gasteiger partial charge in [-0.25, -0.2) is 4.98 Å². The van der Waals surface area contributed by atoms with Crippen LogP contribution in [0, 0.1) is 0 Å². The summed E-state index contributed by atoms with van der Waals surface area (Å²) in [4.78, 5) is 18.5. The Labute approximate surface area is 254 Å². The minimum Gasteiger partial charge on any atom is -0.858 e. The van der Waals surface area contributed by atoms with Gasteiger partial charge in [0.1, 0.15) is 0 Å². The van der Waals surface area contributed by atoms with Crippen LogP contribution in [0.3, 0.4) is 0 Å². The van der Waals surface area contributed by atoms with Crippen molar-refractivity contribution in [3.63, 3.8) is 0 Å². The van der Waals surface area contributed by atoms with Crippen LogP contribution in [-0.4, -0.2) is 30.3 Å². The van der Waals surface area contributed by atoms with Crippen LogP contribution in [0.25, 0.3) is 22.2 Å². The molecule has 2 aromatic carbocycles. The molecule has 0 bridgehead atoms. The maximum absolute atomic E-state index is 12.5. The van der Waals surface area contributed by atoms with E-state index in [1.165, 1.54) is 24.3 Å². The molecule has 0 N–H and O–H groups in total. The van der Waals surface area contributed by atoms with Gasteiger partial charge in [0.15, 0.2) is 0 Å². The van der Waals surface area contributed by atoms with E-state index in [-0.39, 0.29) is 69.6 Å². The third-order valence-electron chi connectivity index (χ3n) is 4.59. The van der Waals surface area contributed by atoms with Crippen LogP contribution in [0.2, 0.25) is 10.0 Å². The van der Waals surface area contributed by atoms with Gasteiger partial charge < -0.3 is 15.0 Å². The molecule has 0 saturated heterocycles. The molecule has 0 saturated carbocycles. The van der Waals surface area contributed by atoms with Crippen LogP contribution in [0.4, 0.5) is 0 Å². The average Bonchev–Trinajstić information content (AvgIpc) is 2.78. The van der Waals surface area contributed by atoms with Crippen molar-refractivity contribution >= 4 is 56.0 Å². The van der Waals surface area contributed by atoms with Crippen LogP contribution in [0.1, 0.15) is 16.1 Å². The third-order valence-corrected chi connectivity index (χ3v) is 6.41. The first-order valence-corrected chi connectivity index (χ1v) is 11.4. The number of carboxylic acid groups (broad SMARTS) is 1. The van der Waals surface area contributed by atoms with E-state index in [1.54, 1.807) is 24.3 Å². The van der Waals surface area contributed by atoms with Gasteiger partial charge in [-0.3, -0.25) is 4.98 Å². The molecule has 0 aliphatic heterocycles. The summed E-state index contributed by atoms with van der Waals surface area (Å²) in [5.41, 5.74) is 1.10. The summed E-state index contributed by atoms with van der Waals surface area (Å²) >= 11 is 12.4. The van der Waals surface area contributed by atoms with E-state index in [9.17, 15) is 23.4 Å². The summed E-state index contributed by atoms with van der Waals surface area (Å²) in [5, 5.41) is 24.6. The van der Waals surface area contributed by atoms with E-state index in [0.29, 0.717) is 26.8 Å². The first kappa shape index (κ1) is 29.7. The molecular weight excluding hydrogens is 535 g/mol. The normalized spacial score (nSPS) is 11.4. The van der Waals surface area contributed by atoms with Crippen LogP contribution in [0.15, 0.2) is 76.2 Å². The molecule has 13 heteroatoms. The van der Waals surface area contributed by atoms with Crippen molar-refractivity contribution in [1.82, 2.24) is 9.97 Å². The Balaban J connectivity index is 0.00000216. The number of carbonyl (C=O) groups excluding carboxylic acids is 1. The fraction of sp³-hybridized carbons (Fsp3) is 0.